The van der Waals surface area contributed by atoms with Crippen LogP contribution >= 0.6 is 0 Å². The summed E-state index contributed by atoms with van der Waals surface area (Å²) in [5, 5.41) is 24.3. The standard InChI is InChI=1S/C21H24BN3O5/c1-3-20(27)25(2)14-19(26)23-18(13-15-9-5-4-6-10-15)21(28)24-17-12-8-7-11-16(17)22(29)30/h3-12,18,29-30H,1,13-14H2,2H3,(H,23,26)(H,24,28)/t18-/m0/s1. The van der Waals surface area contributed by atoms with Gasteiger partial charge in [0.05, 0.1) is 6.54 Å². The van der Waals surface area contributed by atoms with E-state index in [9.17, 15) is 24.4 Å². The summed E-state index contributed by atoms with van der Waals surface area (Å²) in [5.74, 6) is -1.46. The lowest BCUT2D eigenvalue weighted by Crippen LogP contribution is -2.49. The van der Waals surface area contributed by atoms with Gasteiger partial charge in [-0.15, -0.1) is 0 Å². The van der Waals surface area contributed by atoms with Gasteiger partial charge in [-0.2, -0.15) is 0 Å². The molecule has 0 spiro atoms. The number of rotatable bonds is 9. The van der Waals surface area contributed by atoms with Crippen LogP contribution in [0.3, 0.4) is 0 Å². The number of likely N-dealkylation sites (N-methyl/N-ethyl adjacent to an activating group) is 1. The van der Waals surface area contributed by atoms with Crippen LogP contribution < -0.4 is 16.1 Å². The molecule has 3 amide bonds. The second-order valence-electron chi connectivity index (χ2n) is 6.66. The van der Waals surface area contributed by atoms with E-state index in [2.05, 4.69) is 17.2 Å². The van der Waals surface area contributed by atoms with Gasteiger partial charge in [0.1, 0.15) is 6.04 Å². The monoisotopic (exact) mass is 409 g/mol. The van der Waals surface area contributed by atoms with Gasteiger partial charge < -0.3 is 25.6 Å². The molecule has 2 rings (SSSR count). The van der Waals surface area contributed by atoms with Crippen molar-refractivity contribution in [1.29, 1.82) is 0 Å². The minimum Gasteiger partial charge on any atom is -0.423 e. The molecule has 9 heteroatoms. The van der Waals surface area contributed by atoms with Crippen molar-refractivity contribution < 1.29 is 24.4 Å². The van der Waals surface area contributed by atoms with Crippen LogP contribution in [0.5, 0.6) is 0 Å². The molecule has 2 aromatic carbocycles. The molecular weight excluding hydrogens is 385 g/mol. The molecule has 0 unspecified atom stereocenters. The fourth-order valence-corrected chi connectivity index (χ4v) is 2.80. The van der Waals surface area contributed by atoms with Crippen LogP contribution in [0, 0.1) is 0 Å². The Morgan fingerprint density at radius 1 is 1.10 bits per heavy atom. The van der Waals surface area contributed by atoms with E-state index in [4.69, 9.17) is 0 Å². The van der Waals surface area contributed by atoms with Crippen LogP contribution in [-0.2, 0) is 20.8 Å². The summed E-state index contributed by atoms with van der Waals surface area (Å²) in [6.07, 6.45) is 1.31. The predicted molar refractivity (Wildman–Crippen MR) is 115 cm³/mol. The van der Waals surface area contributed by atoms with Crippen molar-refractivity contribution in [2.75, 3.05) is 18.9 Å². The Morgan fingerprint density at radius 2 is 1.73 bits per heavy atom. The lowest BCUT2D eigenvalue weighted by Gasteiger charge is -2.21. The highest BCUT2D eigenvalue weighted by Crippen LogP contribution is 2.08. The fraction of sp³-hybridized carbons (Fsp3) is 0.190. The van der Waals surface area contributed by atoms with Gasteiger partial charge >= 0.3 is 7.12 Å². The molecule has 0 saturated carbocycles. The zero-order valence-electron chi connectivity index (χ0n) is 16.6. The fourth-order valence-electron chi connectivity index (χ4n) is 2.80. The molecule has 0 radical (unpaired) electrons. The highest BCUT2D eigenvalue weighted by molar-refractivity contribution is 6.60. The van der Waals surface area contributed by atoms with Crippen LogP contribution in [0.4, 0.5) is 5.69 Å². The van der Waals surface area contributed by atoms with Crippen LogP contribution in [0.1, 0.15) is 5.56 Å². The molecule has 156 valence electrons. The molecule has 0 aliphatic heterocycles. The number of nitrogens with zero attached hydrogens (tertiary/aromatic N) is 1. The molecule has 1 atom stereocenters. The molecule has 30 heavy (non-hydrogen) atoms. The maximum atomic E-state index is 12.9. The lowest BCUT2D eigenvalue weighted by molar-refractivity contribution is -0.132. The van der Waals surface area contributed by atoms with Crippen molar-refractivity contribution in [1.82, 2.24) is 10.2 Å². The second kappa shape index (κ2) is 10.9. The first-order valence-corrected chi connectivity index (χ1v) is 9.28. The van der Waals surface area contributed by atoms with Gasteiger partial charge in [-0.1, -0.05) is 55.1 Å². The topological polar surface area (TPSA) is 119 Å². The molecule has 0 aromatic heterocycles. The predicted octanol–water partition coefficient (Wildman–Crippen LogP) is -0.323. The number of carbonyl (C=O) groups excluding carboxylic acids is 3. The quantitative estimate of drug-likeness (QED) is 0.334. The summed E-state index contributed by atoms with van der Waals surface area (Å²) in [7, 11) is -0.309. The summed E-state index contributed by atoms with van der Waals surface area (Å²) >= 11 is 0. The van der Waals surface area contributed by atoms with Gasteiger partial charge in [0, 0.05) is 24.6 Å². The van der Waals surface area contributed by atoms with Crippen LogP contribution in [0.15, 0.2) is 67.3 Å². The van der Waals surface area contributed by atoms with Crippen molar-refractivity contribution in [3.05, 3.63) is 72.8 Å². The Kier molecular flexibility index (Phi) is 8.34. The first-order chi connectivity index (χ1) is 14.3. The van der Waals surface area contributed by atoms with E-state index in [1.54, 1.807) is 12.1 Å². The Balaban J connectivity index is 2.18. The number of hydrogen-bond donors (Lipinski definition) is 4. The molecule has 0 saturated heterocycles. The van der Waals surface area contributed by atoms with Gasteiger partial charge in [-0.05, 0) is 17.7 Å². The normalized spacial score (nSPS) is 11.2. The molecule has 0 aliphatic rings. The Hall–Kier alpha value is -3.43. The number of para-hydroxylation sites is 1. The molecule has 8 nitrogen and oxygen atoms in total. The van der Waals surface area contributed by atoms with E-state index >= 15 is 0 Å². The highest BCUT2D eigenvalue weighted by atomic mass is 16.4. The SMILES string of the molecule is C=CC(=O)N(C)CC(=O)N[C@@H](Cc1ccccc1)C(=O)Nc1ccccc1B(O)O. The number of benzene rings is 2. The first-order valence-electron chi connectivity index (χ1n) is 9.28. The second-order valence-corrected chi connectivity index (χ2v) is 6.66. The zero-order chi connectivity index (χ0) is 22.1. The molecular formula is C21H24BN3O5. The zero-order valence-corrected chi connectivity index (χ0v) is 16.6. The molecule has 0 heterocycles. The van der Waals surface area contributed by atoms with E-state index in [0.29, 0.717) is 0 Å². The molecule has 0 aliphatic carbocycles. The average molecular weight is 409 g/mol. The lowest BCUT2D eigenvalue weighted by atomic mass is 9.79. The number of carbonyl (C=O) groups is 3. The minimum atomic E-state index is -1.76. The van der Waals surface area contributed by atoms with Gasteiger partial charge in [-0.3, -0.25) is 14.4 Å². The average Bonchev–Trinajstić information content (AvgIpc) is 2.73. The third kappa shape index (κ3) is 6.58. The van der Waals surface area contributed by atoms with E-state index in [1.165, 1.54) is 24.1 Å². The van der Waals surface area contributed by atoms with E-state index < -0.39 is 30.9 Å². The maximum absolute atomic E-state index is 12.9. The van der Waals surface area contributed by atoms with Crippen LogP contribution in [0.2, 0.25) is 0 Å². The molecule has 0 fully saturated rings. The summed E-state index contributed by atoms with van der Waals surface area (Å²) in [5.41, 5.74) is 1.18. The van der Waals surface area contributed by atoms with Gasteiger partial charge in [-0.25, -0.2) is 0 Å². The Morgan fingerprint density at radius 3 is 2.37 bits per heavy atom. The third-order valence-corrected chi connectivity index (χ3v) is 4.36. The van der Waals surface area contributed by atoms with Gasteiger partial charge in [0.25, 0.3) is 0 Å². The number of nitrogens with one attached hydrogen (secondary N) is 2. The third-order valence-electron chi connectivity index (χ3n) is 4.36. The van der Waals surface area contributed by atoms with Crippen molar-refractivity contribution in [2.45, 2.75) is 12.5 Å². The van der Waals surface area contributed by atoms with Crippen molar-refractivity contribution in [2.24, 2.45) is 0 Å². The van der Waals surface area contributed by atoms with E-state index in [0.717, 1.165) is 11.6 Å². The number of anilines is 1. The summed E-state index contributed by atoms with van der Waals surface area (Å²) in [4.78, 5) is 38.1. The molecule has 0 bridgehead atoms. The van der Waals surface area contributed by atoms with Crippen molar-refractivity contribution in [3.8, 4) is 0 Å². The van der Waals surface area contributed by atoms with Crippen molar-refractivity contribution in [3.63, 3.8) is 0 Å². The van der Waals surface area contributed by atoms with Crippen molar-refractivity contribution >= 4 is 36.0 Å². The number of amides is 3. The minimum absolute atomic E-state index is 0.131. The molecule has 2 aromatic rings. The Labute approximate surface area is 175 Å². The summed E-state index contributed by atoms with van der Waals surface area (Å²) in [6.45, 7) is 3.13. The van der Waals surface area contributed by atoms with Crippen LogP contribution in [0.25, 0.3) is 0 Å². The Bertz CT molecular complexity index is 905. The number of hydrogen-bond acceptors (Lipinski definition) is 5. The highest BCUT2D eigenvalue weighted by Gasteiger charge is 2.24. The summed E-state index contributed by atoms with van der Waals surface area (Å²) in [6, 6.07) is 14.4. The van der Waals surface area contributed by atoms with Crippen LogP contribution in [-0.4, -0.2) is 59.4 Å². The van der Waals surface area contributed by atoms with E-state index in [1.807, 2.05) is 30.3 Å². The molecule has 4 N–H and O–H groups in total. The van der Waals surface area contributed by atoms with E-state index in [-0.39, 0.29) is 24.1 Å². The first kappa shape index (κ1) is 22.9. The maximum Gasteiger partial charge on any atom is 0.490 e. The largest absolute Gasteiger partial charge is 0.490 e. The van der Waals surface area contributed by atoms with Gasteiger partial charge in [0.2, 0.25) is 17.7 Å². The van der Waals surface area contributed by atoms with Gasteiger partial charge in [0.15, 0.2) is 0 Å². The smallest absolute Gasteiger partial charge is 0.423 e. The summed E-state index contributed by atoms with van der Waals surface area (Å²) < 4.78 is 0.